The van der Waals surface area contributed by atoms with Gasteiger partial charge in [0.15, 0.2) is 5.16 Å². The average Bonchev–Trinajstić information content (AvgIpc) is 2.69. The lowest BCUT2D eigenvalue weighted by Crippen LogP contribution is -2.36. The van der Waals surface area contributed by atoms with E-state index in [0.29, 0.717) is 28.4 Å². The summed E-state index contributed by atoms with van der Waals surface area (Å²) < 4.78 is 19.9. The zero-order valence-electron chi connectivity index (χ0n) is 15.8. The number of hydrogen-bond acceptors (Lipinski definition) is 5. The molecule has 29 heavy (non-hydrogen) atoms. The number of hydrogen-bond donors (Lipinski definition) is 1. The number of fused-ring (bicyclic) bond motifs is 1. The lowest BCUT2D eigenvalue weighted by molar-refractivity contribution is -0.119. The first-order valence-corrected chi connectivity index (χ1v) is 10.2. The Bertz CT molecular complexity index is 1110. The Hall–Kier alpha value is -2.42. The first-order valence-electron chi connectivity index (χ1n) is 8.79. The van der Waals surface area contributed by atoms with Crippen molar-refractivity contribution in [3.05, 3.63) is 63.7 Å². The van der Waals surface area contributed by atoms with Gasteiger partial charge < -0.3 is 10.1 Å². The molecule has 0 fully saturated rings. The van der Waals surface area contributed by atoms with E-state index in [1.54, 1.807) is 31.4 Å². The van der Waals surface area contributed by atoms with E-state index >= 15 is 0 Å². The van der Waals surface area contributed by atoms with Gasteiger partial charge in [-0.25, -0.2) is 9.37 Å². The fraction of sp³-hybridized carbons (Fsp3) is 0.250. The van der Waals surface area contributed by atoms with Gasteiger partial charge >= 0.3 is 0 Å². The summed E-state index contributed by atoms with van der Waals surface area (Å²) in [5.41, 5.74) is 0.557. The van der Waals surface area contributed by atoms with E-state index in [-0.39, 0.29) is 28.3 Å². The van der Waals surface area contributed by atoms with E-state index in [2.05, 4.69) is 10.3 Å². The molecule has 0 saturated carbocycles. The molecule has 1 heterocycles. The number of ether oxygens (including phenoxy) is 1. The van der Waals surface area contributed by atoms with Crippen LogP contribution in [-0.2, 0) is 9.53 Å². The zero-order chi connectivity index (χ0) is 21.0. The van der Waals surface area contributed by atoms with E-state index in [0.717, 1.165) is 11.8 Å². The largest absolute Gasteiger partial charge is 0.383 e. The second-order valence-corrected chi connectivity index (χ2v) is 7.71. The molecule has 1 unspecified atom stereocenters. The first-order chi connectivity index (χ1) is 13.9. The SMILES string of the molecule is COCC(C)NC(=O)CSc1nc2ccccc2c(=O)n1-c1ccc(F)c(Cl)c1. The summed E-state index contributed by atoms with van der Waals surface area (Å²) in [4.78, 5) is 29.9. The molecule has 0 bridgehead atoms. The maximum absolute atomic E-state index is 13.6. The van der Waals surface area contributed by atoms with Gasteiger partial charge in [-0.2, -0.15) is 0 Å². The highest BCUT2D eigenvalue weighted by Gasteiger charge is 2.16. The van der Waals surface area contributed by atoms with Gasteiger partial charge in [0.25, 0.3) is 5.56 Å². The predicted octanol–water partition coefficient (Wildman–Crippen LogP) is 3.42. The van der Waals surface area contributed by atoms with E-state index in [9.17, 15) is 14.0 Å². The summed E-state index contributed by atoms with van der Waals surface area (Å²) in [5.74, 6) is -0.753. The number of methoxy groups -OCH3 is 1. The van der Waals surface area contributed by atoms with Crippen LogP contribution in [0.3, 0.4) is 0 Å². The lowest BCUT2D eigenvalue weighted by atomic mass is 10.2. The van der Waals surface area contributed by atoms with Gasteiger partial charge in [0.1, 0.15) is 5.82 Å². The summed E-state index contributed by atoms with van der Waals surface area (Å²) in [6, 6.07) is 10.8. The molecule has 9 heteroatoms. The van der Waals surface area contributed by atoms with Crippen molar-refractivity contribution in [1.29, 1.82) is 0 Å². The molecule has 2 aromatic carbocycles. The standard InChI is InChI=1S/C20H19ClFN3O3S/c1-12(10-28-2)23-18(26)11-29-20-24-17-6-4-3-5-14(17)19(27)25(20)13-7-8-16(22)15(21)9-13/h3-9,12H,10-11H2,1-2H3,(H,23,26). The van der Waals surface area contributed by atoms with Crippen LogP contribution in [0.25, 0.3) is 16.6 Å². The molecule has 1 aromatic heterocycles. The van der Waals surface area contributed by atoms with Gasteiger partial charge in [-0.1, -0.05) is 35.5 Å². The maximum Gasteiger partial charge on any atom is 0.266 e. The van der Waals surface area contributed by atoms with Crippen LogP contribution in [0.5, 0.6) is 0 Å². The van der Waals surface area contributed by atoms with Gasteiger partial charge in [-0.15, -0.1) is 0 Å². The van der Waals surface area contributed by atoms with Crippen LogP contribution in [-0.4, -0.2) is 41.0 Å². The smallest absolute Gasteiger partial charge is 0.266 e. The minimum atomic E-state index is -0.585. The van der Waals surface area contributed by atoms with Gasteiger partial charge in [-0.05, 0) is 37.3 Å². The Morgan fingerprint density at radius 2 is 2.10 bits per heavy atom. The summed E-state index contributed by atoms with van der Waals surface area (Å²) >= 11 is 7.02. The number of nitrogens with one attached hydrogen (secondary N) is 1. The van der Waals surface area contributed by atoms with E-state index in [1.165, 1.54) is 22.8 Å². The van der Waals surface area contributed by atoms with Crippen molar-refractivity contribution < 1.29 is 13.9 Å². The number of thioether (sulfide) groups is 1. The number of halogens is 2. The summed E-state index contributed by atoms with van der Waals surface area (Å²) in [6.07, 6.45) is 0. The molecule has 0 radical (unpaired) electrons. The van der Waals surface area contributed by atoms with E-state index in [4.69, 9.17) is 16.3 Å². The van der Waals surface area contributed by atoms with Gasteiger partial charge in [0.2, 0.25) is 5.91 Å². The molecule has 0 saturated heterocycles. The number of carbonyl (C=O) groups is 1. The van der Waals surface area contributed by atoms with Crippen molar-refractivity contribution in [3.8, 4) is 5.69 Å². The van der Waals surface area contributed by atoms with Crippen LogP contribution in [0, 0.1) is 5.82 Å². The second-order valence-electron chi connectivity index (χ2n) is 6.36. The summed E-state index contributed by atoms with van der Waals surface area (Å²) in [7, 11) is 1.56. The van der Waals surface area contributed by atoms with E-state index in [1.807, 2.05) is 6.92 Å². The van der Waals surface area contributed by atoms with Gasteiger partial charge in [-0.3, -0.25) is 14.2 Å². The zero-order valence-corrected chi connectivity index (χ0v) is 17.4. The minimum Gasteiger partial charge on any atom is -0.383 e. The number of carbonyl (C=O) groups excluding carboxylic acids is 1. The Balaban J connectivity index is 2.00. The number of benzene rings is 2. The normalized spacial score (nSPS) is 12.1. The second kappa shape index (κ2) is 9.39. The molecule has 1 amide bonds. The van der Waals surface area contributed by atoms with Crippen molar-refractivity contribution in [2.75, 3.05) is 19.5 Å². The molecule has 3 rings (SSSR count). The number of para-hydroxylation sites is 1. The molecule has 1 atom stereocenters. The Morgan fingerprint density at radius 3 is 2.83 bits per heavy atom. The number of rotatable bonds is 7. The minimum absolute atomic E-state index is 0.0494. The highest BCUT2D eigenvalue weighted by molar-refractivity contribution is 7.99. The average molecular weight is 436 g/mol. The fourth-order valence-electron chi connectivity index (χ4n) is 2.80. The van der Waals surface area contributed by atoms with Gasteiger partial charge in [0.05, 0.1) is 34.0 Å². The summed E-state index contributed by atoms with van der Waals surface area (Å²) in [5, 5.41) is 3.42. The van der Waals surface area contributed by atoms with Gasteiger partial charge in [0, 0.05) is 13.2 Å². The lowest BCUT2D eigenvalue weighted by Gasteiger charge is -2.15. The van der Waals surface area contributed by atoms with Crippen LogP contribution in [0.4, 0.5) is 4.39 Å². The number of aromatic nitrogens is 2. The van der Waals surface area contributed by atoms with Crippen LogP contribution in [0.1, 0.15) is 6.92 Å². The van der Waals surface area contributed by atoms with Crippen molar-refractivity contribution >= 4 is 40.2 Å². The van der Waals surface area contributed by atoms with Crippen molar-refractivity contribution in [1.82, 2.24) is 14.9 Å². The molecule has 6 nitrogen and oxygen atoms in total. The quantitative estimate of drug-likeness (QED) is 0.454. The Labute approximate surface area is 176 Å². The van der Waals surface area contributed by atoms with Crippen molar-refractivity contribution in [2.45, 2.75) is 18.1 Å². The Kier molecular flexibility index (Phi) is 6.89. The molecule has 0 spiro atoms. The molecule has 1 N–H and O–H groups in total. The molecule has 152 valence electrons. The first kappa shape index (κ1) is 21.3. The van der Waals surface area contributed by atoms with E-state index < -0.39 is 5.82 Å². The van der Waals surface area contributed by atoms with Crippen LogP contribution in [0.2, 0.25) is 5.02 Å². The summed E-state index contributed by atoms with van der Waals surface area (Å²) in [6.45, 7) is 2.22. The Morgan fingerprint density at radius 1 is 1.34 bits per heavy atom. The monoisotopic (exact) mass is 435 g/mol. The highest BCUT2D eigenvalue weighted by atomic mass is 35.5. The third-order valence-corrected chi connectivity index (χ3v) is 5.29. The van der Waals surface area contributed by atoms with Crippen LogP contribution in [0.15, 0.2) is 52.4 Å². The third kappa shape index (κ3) is 4.95. The van der Waals surface area contributed by atoms with Crippen LogP contribution < -0.4 is 10.9 Å². The molecule has 0 aliphatic rings. The van der Waals surface area contributed by atoms with Crippen molar-refractivity contribution in [3.63, 3.8) is 0 Å². The predicted molar refractivity (Wildman–Crippen MR) is 113 cm³/mol. The maximum atomic E-state index is 13.6. The molecule has 0 aliphatic heterocycles. The number of amides is 1. The fourth-order valence-corrected chi connectivity index (χ4v) is 3.80. The number of nitrogens with zero attached hydrogens (tertiary/aromatic N) is 2. The van der Waals surface area contributed by atoms with Crippen molar-refractivity contribution in [2.24, 2.45) is 0 Å². The third-order valence-electron chi connectivity index (χ3n) is 4.06. The topological polar surface area (TPSA) is 73.2 Å². The van der Waals surface area contributed by atoms with Crippen LogP contribution >= 0.6 is 23.4 Å². The molecule has 3 aromatic rings. The molecule has 0 aliphatic carbocycles. The molecular weight excluding hydrogens is 417 g/mol. The highest BCUT2D eigenvalue weighted by Crippen LogP contribution is 2.24. The molecular formula is C20H19ClFN3O3S.